The van der Waals surface area contributed by atoms with Gasteiger partial charge in [-0.1, -0.05) is 294 Å². The molecule has 0 fully saturated rings. The highest BCUT2D eigenvalue weighted by Crippen LogP contribution is 2.40. The monoisotopic (exact) mass is 1930 g/mol. The van der Waals surface area contributed by atoms with E-state index in [-0.39, 0.29) is 87.3 Å². The third-order valence-corrected chi connectivity index (χ3v) is 24.8. The van der Waals surface area contributed by atoms with Crippen LogP contribution in [0.3, 0.4) is 0 Å². The van der Waals surface area contributed by atoms with E-state index < -0.39 is 0 Å². The lowest BCUT2D eigenvalue weighted by Gasteiger charge is -2.21. The van der Waals surface area contributed by atoms with E-state index in [1.54, 1.807) is 48.5 Å². The minimum atomic E-state index is -0.338. The second kappa shape index (κ2) is 45.9. The van der Waals surface area contributed by atoms with E-state index in [0.29, 0.717) is 75.9 Å². The van der Waals surface area contributed by atoms with Gasteiger partial charge in [-0.2, -0.15) is 0 Å². The number of benzene rings is 12. The fraction of sp³-hybridized carbons (Fsp3) is 0.138. The number of aliphatic hydroxyl groups is 4. The van der Waals surface area contributed by atoms with Crippen molar-refractivity contribution in [3.8, 4) is 50.8 Å². The van der Waals surface area contributed by atoms with Crippen molar-refractivity contribution >= 4 is 123 Å². The number of nitrogens with zero attached hydrogens (tertiary/aromatic N) is 8. The predicted molar refractivity (Wildman–Crippen MR) is 554 cm³/mol. The topological polar surface area (TPSA) is 321 Å². The van der Waals surface area contributed by atoms with Gasteiger partial charge in [0.2, 0.25) is 23.6 Å². The van der Waals surface area contributed by atoms with Crippen molar-refractivity contribution in [3.63, 3.8) is 0 Å². The second-order valence-corrected chi connectivity index (χ2v) is 35.4. The molecule has 24 heteroatoms. The first-order valence-corrected chi connectivity index (χ1v) is 47.2. The Morgan fingerprint density at radius 3 is 0.786 bits per heavy atom. The lowest BCUT2D eigenvalue weighted by Crippen LogP contribution is -2.19. The molecule has 4 aromatic heterocycles. The third-order valence-electron chi connectivity index (χ3n) is 24.0. The number of halogens is 3. The number of anilines is 4. The first-order chi connectivity index (χ1) is 68.3. The summed E-state index contributed by atoms with van der Waals surface area (Å²) in [6.45, 7) is 0.0223. The van der Waals surface area contributed by atoms with Crippen LogP contribution in [0.5, 0.6) is 5.75 Å². The van der Waals surface area contributed by atoms with Gasteiger partial charge in [0, 0.05) is 31.7 Å². The summed E-state index contributed by atoms with van der Waals surface area (Å²) in [7, 11) is 0. The number of hydrogen-bond acceptors (Lipinski definition) is 17. The normalized spacial score (nSPS) is 12.3. The molecule has 0 spiro atoms. The number of aromatic hydroxyl groups is 1. The molecule has 0 radical (unpaired) electrons. The number of aryl methyl sites for hydroxylation is 8. The molecule has 4 aliphatic rings. The number of amides is 4. The van der Waals surface area contributed by atoms with Crippen molar-refractivity contribution in [1.82, 2.24) is 39.9 Å². The zero-order valence-corrected chi connectivity index (χ0v) is 78.6. The molecule has 0 saturated heterocycles. The summed E-state index contributed by atoms with van der Waals surface area (Å²) in [5, 5.41) is 60.0. The molecule has 0 bridgehead atoms. The van der Waals surface area contributed by atoms with Gasteiger partial charge >= 0.3 is 0 Å². The Labute approximate surface area is 823 Å². The number of nitrogens with one attached hydrogen (secondary N) is 4. The quantitative estimate of drug-likeness (QED) is 0.0271. The Morgan fingerprint density at radius 1 is 0.293 bits per heavy atom. The lowest BCUT2D eigenvalue weighted by atomic mass is 9.90. The fourth-order valence-electron chi connectivity index (χ4n) is 16.9. The average molecular weight is 1940 g/mol. The number of hydrogen-bond donors (Lipinski definition) is 9. The molecular weight excluding hydrogens is 1840 g/mol. The van der Waals surface area contributed by atoms with Crippen molar-refractivity contribution in [2.45, 2.75) is 103 Å². The summed E-state index contributed by atoms with van der Waals surface area (Å²) < 4.78 is 14.2. The van der Waals surface area contributed by atoms with E-state index >= 15 is 0 Å². The number of phenolic OH excluding ortho intramolecular Hbond substituents is 1. The van der Waals surface area contributed by atoms with Crippen molar-refractivity contribution in [1.29, 1.82) is 0 Å². The van der Waals surface area contributed by atoms with Crippen molar-refractivity contribution in [3.05, 3.63) is 441 Å². The van der Waals surface area contributed by atoms with Crippen LogP contribution in [0.2, 0.25) is 5.02 Å². The van der Waals surface area contributed by atoms with Crippen LogP contribution in [-0.2, 0) is 123 Å². The maximum atomic E-state index is 13.2. The molecule has 9 N–H and O–H groups in total. The molecule has 4 heterocycles. The Bertz CT molecular complexity index is 6470. The Hall–Kier alpha value is -15.9. The van der Waals surface area contributed by atoms with Crippen LogP contribution in [0.1, 0.15) is 135 Å². The van der Waals surface area contributed by atoms with Gasteiger partial charge in [-0.3, -0.25) is 19.2 Å². The van der Waals surface area contributed by atoms with Crippen molar-refractivity contribution < 1.29 is 49.1 Å². The van der Waals surface area contributed by atoms with Gasteiger partial charge < -0.3 is 46.8 Å². The summed E-state index contributed by atoms with van der Waals surface area (Å²) >= 11 is 9.39. The number of aromatic nitrogens is 8. The predicted octanol–water partition coefficient (Wildman–Crippen LogP) is 21.6. The molecule has 4 amide bonds. The number of fused-ring (bicyclic) bond motifs is 12. The summed E-state index contributed by atoms with van der Waals surface area (Å²) in [5.41, 5.74) is 28.5. The standard InChI is InChI=1S/C29H24BrN3O2.C29H24ClN3O2.C29H24FN3O2.C29H25N3O3/c3*30-23-11-6-20(7-12-23)17-27(35)33-29-26(14-9-19-4-2-1-3-5-19)31-28-24-13-8-21(18-34)16-22(24)10-15-25(28)32-29;33-18-21-8-13-24-22(16-21)10-15-25-28(24)30-26(14-9-19-4-2-1-3-5-19)29(31-25)32-27(35)17-20-6-11-23(34)12-7-20/h3*1-9,11-14,16,34H,10,15,17-18H2,(H,32,33,35);1-9,11-14,16,33-34H,10,15,17-18H2,(H,31,32,35)/b4*14-9+. The molecule has 20 rings (SSSR count). The number of carbonyl (C=O) groups excluding carboxylic acids is 4. The smallest absolute Gasteiger partial charge is 0.230 e. The summed E-state index contributed by atoms with van der Waals surface area (Å²) in [6, 6.07) is 90.7. The molecule has 140 heavy (non-hydrogen) atoms. The molecule has 0 atom stereocenters. The van der Waals surface area contributed by atoms with Crippen LogP contribution in [0, 0.1) is 5.82 Å². The summed E-state index contributed by atoms with van der Waals surface area (Å²) in [4.78, 5) is 90.5. The molecule has 0 aliphatic heterocycles. The minimum absolute atomic E-state index is 0.00286. The van der Waals surface area contributed by atoms with E-state index in [1.807, 2.05) is 279 Å². The van der Waals surface area contributed by atoms with Gasteiger partial charge in [-0.25, -0.2) is 44.3 Å². The SMILES string of the molecule is O=C(Cc1ccc(Br)cc1)Nc1nc2c(nc1/C=C/c1ccccc1)-c1ccc(CO)cc1CC2.O=C(Cc1ccc(Cl)cc1)Nc1nc2c(nc1/C=C/c1ccccc1)-c1ccc(CO)cc1CC2.O=C(Cc1ccc(F)cc1)Nc1nc2c(nc1/C=C/c1ccccc1)-c1ccc(CO)cc1CC2.O=C(Cc1ccc(O)cc1)Nc1nc2c(nc1/C=C/c1ccccc1)-c1ccc(CO)cc1CC2. The maximum Gasteiger partial charge on any atom is 0.230 e. The van der Waals surface area contributed by atoms with Crippen molar-refractivity contribution in [2.24, 2.45) is 0 Å². The number of carbonyl (C=O) groups is 4. The number of rotatable bonds is 24. The Kier molecular flexibility index (Phi) is 31.4. The van der Waals surface area contributed by atoms with Crippen LogP contribution in [0.25, 0.3) is 93.6 Å². The van der Waals surface area contributed by atoms with E-state index in [9.17, 15) is 49.1 Å². The molecular formula is C116H97BrClFN12O9. The van der Waals surface area contributed by atoms with Crippen molar-refractivity contribution in [2.75, 3.05) is 21.3 Å². The van der Waals surface area contributed by atoms with Crippen LogP contribution in [-0.4, -0.2) is 89.0 Å². The molecule has 0 unspecified atom stereocenters. The Balaban J connectivity index is 0.000000129. The van der Waals surface area contributed by atoms with E-state index in [1.165, 1.54) is 12.1 Å². The fourth-order valence-corrected chi connectivity index (χ4v) is 17.3. The second-order valence-electron chi connectivity index (χ2n) is 34.0. The summed E-state index contributed by atoms with van der Waals surface area (Å²) in [5.74, 6) is 0.808. The van der Waals surface area contributed by atoms with Gasteiger partial charge in [-0.05, 0) is 213 Å². The lowest BCUT2D eigenvalue weighted by molar-refractivity contribution is -0.116. The van der Waals surface area contributed by atoms with Gasteiger partial charge in [0.25, 0.3) is 0 Å². The molecule has 696 valence electrons. The van der Waals surface area contributed by atoms with Crippen LogP contribution in [0.4, 0.5) is 27.7 Å². The van der Waals surface area contributed by atoms with Gasteiger partial charge in [0.15, 0.2) is 23.3 Å². The zero-order valence-electron chi connectivity index (χ0n) is 76.2. The minimum Gasteiger partial charge on any atom is -0.508 e. The largest absolute Gasteiger partial charge is 0.508 e. The van der Waals surface area contributed by atoms with Gasteiger partial charge in [0.1, 0.15) is 34.3 Å². The van der Waals surface area contributed by atoms with Crippen LogP contribution >= 0.6 is 27.5 Å². The number of aliphatic hydroxyl groups excluding tert-OH is 4. The third kappa shape index (κ3) is 24.9. The molecule has 16 aromatic rings. The number of phenols is 1. The Morgan fingerprint density at radius 2 is 0.529 bits per heavy atom. The first kappa shape index (κ1) is 95.8. The first-order valence-electron chi connectivity index (χ1n) is 46.0. The molecule has 21 nitrogen and oxygen atoms in total. The highest BCUT2D eigenvalue weighted by atomic mass is 79.9. The van der Waals surface area contributed by atoms with E-state index in [4.69, 9.17) is 51.5 Å². The highest BCUT2D eigenvalue weighted by molar-refractivity contribution is 9.10. The summed E-state index contributed by atoms with van der Waals surface area (Å²) in [6.07, 6.45) is 22.1. The molecule has 0 saturated carbocycles. The van der Waals surface area contributed by atoms with E-state index in [2.05, 4.69) is 37.2 Å². The maximum absolute atomic E-state index is 13.2. The highest BCUT2D eigenvalue weighted by Gasteiger charge is 2.29. The van der Waals surface area contributed by atoms with Gasteiger partial charge in [-0.15, -0.1) is 0 Å². The van der Waals surface area contributed by atoms with Crippen LogP contribution < -0.4 is 21.3 Å². The zero-order chi connectivity index (χ0) is 96.8. The van der Waals surface area contributed by atoms with Gasteiger partial charge in [0.05, 0.1) is 97.7 Å². The molecule has 4 aliphatic carbocycles. The van der Waals surface area contributed by atoms with Crippen LogP contribution in [0.15, 0.2) is 296 Å². The van der Waals surface area contributed by atoms with E-state index in [0.717, 1.165) is 188 Å². The molecule has 12 aromatic carbocycles. The average Bonchev–Trinajstić information content (AvgIpc) is 0.781.